The molecule has 1 unspecified atom stereocenters. The second-order valence-corrected chi connectivity index (χ2v) is 4.94. The van der Waals surface area contributed by atoms with Crippen LogP contribution in [0.3, 0.4) is 0 Å². The third-order valence-electron chi connectivity index (χ3n) is 3.24. The molecule has 0 aliphatic heterocycles. The van der Waals surface area contributed by atoms with E-state index in [1.165, 1.54) is 19.3 Å². The quantitative estimate of drug-likeness (QED) is 0.685. The Morgan fingerprint density at radius 1 is 1.08 bits per heavy atom. The Labute approximate surface area is 77.9 Å². The Bertz CT molecular complexity index is 123. The summed E-state index contributed by atoms with van der Waals surface area (Å²) in [6.45, 7) is 11.5. The molecule has 0 aromatic carbocycles. The van der Waals surface area contributed by atoms with Gasteiger partial charge >= 0.3 is 0 Å². The first-order valence-electron chi connectivity index (χ1n) is 5.06. The molecule has 0 fully saturated rings. The highest BCUT2D eigenvalue weighted by Crippen LogP contribution is 2.33. The maximum Gasteiger partial charge on any atom is 0.0198 e. The summed E-state index contributed by atoms with van der Waals surface area (Å²) < 4.78 is 0. The van der Waals surface area contributed by atoms with Crippen molar-refractivity contribution < 1.29 is 0 Å². The van der Waals surface area contributed by atoms with Crippen LogP contribution in [-0.2, 0) is 0 Å². The first-order chi connectivity index (χ1) is 5.37. The Kier molecular flexibility index (Phi) is 4.25. The van der Waals surface area contributed by atoms with Crippen LogP contribution in [0.4, 0.5) is 0 Å². The lowest BCUT2D eigenvalue weighted by atomic mass is 9.72. The van der Waals surface area contributed by atoms with Crippen molar-refractivity contribution in [3.63, 3.8) is 0 Å². The fourth-order valence-corrected chi connectivity index (χ4v) is 1.41. The van der Waals surface area contributed by atoms with Crippen LogP contribution in [0.2, 0.25) is 0 Å². The SMILES string of the molecule is CCCCC(C)(NC)C(C)(C)C. The molecule has 12 heavy (non-hydrogen) atoms. The van der Waals surface area contributed by atoms with Crippen LogP contribution >= 0.6 is 0 Å². The Morgan fingerprint density at radius 2 is 1.58 bits per heavy atom. The number of unbranched alkanes of at least 4 members (excludes halogenated alkanes) is 1. The normalized spacial score (nSPS) is 17.5. The van der Waals surface area contributed by atoms with Gasteiger partial charge in [0.2, 0.25) is 0 Å². The first kappa shape index (κ1) is 12.0. The Hall–Kier alpha value is -0.0400. The summed E-state index contributed by atoms with van der Waals surface area (Å²) >= 11 is 0. The molecule has 0 heterocycles. The largest absolute Gasteiger partial charge is 0.314 e. The van der Waals surface area contributed by atoms with Crippen molar-refractivity contribution in [1.29, 1.82) is 0 Å². The summed E-state index contributed by atoms with van der Waals surface area (Å²) in [6, 6.07) is 0. The second kappa shape index (κ2) is 4.27. The van der Waals surface area contributed by atoms with E-state index < -0.39 is 0 Å². The Balaban J connectivity index is 4.24. The molecule has 0 saturated heterocycles. The fourth-order valence-electron chi connectivity index (χ4n) is 1.41. The van der Waals surface area contributed by atoms with E-state index in [0.717, 1.165) is 0 Å². The molecule has 0 rings (SSSR count). The van der Waals surface area contributed by atoms with Gasteiger partial charge in [-0.1, -0.05) is 40.5 Å². The van der Waals surface area contributed by atoms with Gasteiger partial charge in [0, 0.05) is 5.54 Å². The van der Waals surface area contributed by atoms with Crippen LogP contribution in [0, 0.1) is 5.41 Å². The average molecular weight is 171 g/mol. The summed E-state index contributed by atoms with van der Waals surface area (Å²) in [5.41, 5.74) is 0.625. The third kappa shape index (κ3) is 2.78. The highest BCUT2D eigenvalue weighted by Gasteiger charge is 2.34. The van der Waals surface area contributed by atoms with E-state index in [1.54, 1.807) is 0 Å². The van der Waals surface area contributed by atoms with Crippen molar-refractivity contribution in [2.75, 3.05) is 7.05 Å². The van der Waals surface area contributed by atoms with Crippen molar-refractivity contribution in [3.8, 4) is 0 Å². The van der Waals surface area contributed by atoms with E-state index >= 15 is 0 Å². The van der Waals surface area contributed by atoms with Gasteiger partial charge in [-0.3, -0.25) is 0 Å². The minimum absolute atomic E-state index is 0.281. The summed E-state index contributed by atoms with van der Waals surface area (Å²) in [6.07, 6.45) is 3.87. The molecule has 0 saturated carbocycles. The third-order valence-corrected chi connectivity index (χ3v) is 3.24. The van der Waals surface area contributed by atoms with Gasteiger partial charge in [-0.25, -0.2) is 0 Å². The van der Waals surface area contributed by atoms with Gasteiger partial charge in [0.25, 0.3) is 0 Å². The molecule has 0 spiro atoms. The highest BCUT2D eigenvalue weighted by molar-refractivity contribution is 4.92. The van der Waals surface area contributed by atoms with Gasteiger partial charge in [0.1, 0.15) is 0 Å². The molecular formula is C11H25N. The van der Waals surface area contributed by atoms with Gasteiger partial charge in [0.15, 0.2) is 0 Å². The van der Waals surface area contributed by atoms with E-state index in [4.69, 9.17) is 0 Å². The van der Waals surface area contributed by atoms with Gasteiger partial charge in [-0.15, -0.1) is 0 Å². The lowest BCUT2D eigenvalue weighted by Crippen LogP contribution is -2.50. The average Bonchev–Trinajstić information content (AvgIpc) is 1.98. The lowest BCUT2D eigenvalue weighted by molar-refractivity contribution is 0.152. The molecule has 0 aromatic heterocycles. The maximum atomic E-state index is 3.45. The molecular weight excluding hydrogens is 146 g/mol. The van der Waals surface area contributed by atoms with Gasteiger partial charge in [-0.05, 0) is 25.8 Å². The molecule has 0 amide bonds. The molecule has 0 aromatic rings. The van der Waals surface area contributed by atoms with E-state index in [9.17, 15) is 0 Å². The zero-order chi connectivity index (χ0) is 9.83. The molecule has 1 nitrogen and oxygen atoms in total. The van der Waals surface area contributed by atoms with E-state index in [1.807, 2.05) is 0 Å². The molecule has 1 heteroatoms. The Morgan fingerprint density at radius 3 is 1.83 bits per heavy atom. The zero-order valence-electron chi connectivity index (χ0n) is 9.62. The molecule has 0 aliphatic rings. The summed E-state index contributed by atoms with van der Waals surface area (Å²) in [5.74, 6) is 0. The lowest BCUT2D eigenvalue weighted by Gasteiger charge is -2.42. The molecule has 0 aliphatic carbocycles. The predicted molar refractivity (Wildman–Crippen MR) is 56.4 cm³/mol. The zero-order valence-corrected chi connectivity index (χ0v) is 9.62. The van der Waals surface area contributed by atoms with Crippen molar-refractivity contribution in [2.45, 2.75) is 59.4 Å². The van der Waals surface area contributed by atoms with Crippen molar-refractivity contribution in [1.82, 2.24) is 5.32 Å². The summed E-state index contributed by atoms with van der Waals surface area (Å²) in [7, 11) is 2.07. The van der Waals surface area contributed by atoms with Crippen molar-refractivity contribution >= 4 is 0 Å². The number of hydrogen-bond acceptors (Lipinski definition) is 1. The molecule has 0 radical (unpaired) electrons. The van der Waals surface area contributed by atoms with E-state index in [2.05, 4.69) is 47.0 Å². The minimum atomic E-state index is 0.281. The van der Waals surface area contributed by atoms with Gasteiger partial charge in [-0.2, -0.15) is 0 Å². The van der Waals surface area contributed by atoms with Crippen LogP contribution in [-0.4, -0.2) is 12.6 Å². The van der Waals surface area contributed by atoms with Crippen molar-refractivity contribution in [3.05, 3.63) is 0 Å². The van der Waals surface area contributed by atoms with Crippen molar-refractivity contribution in [2.24, 2.45) is 5.41 Å². The smallest absolute Gasteiger partial charge is 0.0198 e. The van der Waals surface area contributed by atoms with Crippen LogP contribution in [0.15, 0.2) is 0 Å². The molecule has 0 bridgehead atoms. The first-order valence-corrected chi connectivity index (χ1v) is 5.06. The van der Waals surface area contributed by atoms with Gasteiger partial charge < -0.3 is 5.32 Å². The van der Waals surface area contributed by atoms with Gasteiger partial charge in [0.05, 0.1) is 0 Å². The van der Waals surface area contributed by atoms with E-state index in [0.29, 0.717) is 5.41 Å². The molecule has 1 atom stereocenters. The monoisotopic (exact) mass is 171 g/mol. The standard InChI is InChI=1S/C11H25N/c1-7-8-9-11(5,12-6)10(2,3)4/h12H,7-9H2,1-6H3. The molecule has 74 valence electrons. The van der Waals surface area contributed by atoms with E-state index in [-0.39, 0.29) is 5.54 Å². The summed E-state index contributed by atoms with van der Waals surface area (Å²) in [5, 5.41) is 3.45. The van der Waals surface area contributed by atoms with Crippen LogP contribution in [0.5, 0.6) is 0 Å². The van der Waals surface area contributed by atoms with Crippen LogP contribution < -0.4 is 5.32 Å². The predicted octanol–water partition coefficient (Wildman–Crippen LogP) is 3.20. The maximum absolute atomic E-state index is 3.45. The topological polar surface area (TPSA) is 12.0 Å². The number of nitrogens with one attached hydrogen (secondary N) is 1. The highest BCUT2D eigenvalue weighted by atomic mass is 14.9. The number of rotatable bonds is 4. The fraction of sp³-hybridized carbons (Fsp3) is 1.00. The summed E-state index contributed by atoms with van der Waals surface area (Å²) in [4.78, 5) is 0. The van der Waals surface area contributed by atoms with Crippen LogP contribution in [0.1, 0.15) is 53.9 Å². The minimum Gasteiger partial charge on any atom is -0.314 e. The van der Waals surface area contributed by atoms with Crippen LogP contribution in [0.25, 0.3) is 0 Å². The molecule has 1 N–H and O–H groups in total. The second-order valence-electron chi connectivity index (χ2n) is 4.94. The number of hydrogen-bond donors (Lipinski definition) is 1.